The summed E-state index contributed by atoms with van der Waals surface area (Å²) in [6.45, 7) is 2.50. The van der Waals surface area contributed by atoms with Crippen molar-refractivity contribution in [2.75, 3.05) is 24.6 Å². The fourth-order valence-corrected chi connectivity index (χ4v) is 5.08. The van der Waals surface area contributed by atoms with E-state index < -0.39 is 10.0 Å². The fourth-order valence-electron chi connectivity index (χ4n) is 4.45. The van der Waals surface area contributed by atoms with Gasteiger partial charge < -0.3 is 9.88 Å². The lowest BCUT2D eigenvalue weighted by Gasteiger charge is -2.14. The Hall–Kier alpha value is -3.68. The molecule has 0 spiro atoms. The lowest BCUT2D eigenvalue weighted by molar-refractivity contribution is 0.402. The number of aromatic nitrogens is 2. The lowest BCUT2D eigenvalue weighted by atomic mass is 9.92. The van der Waals surface area contributed by atoms with Crippen LogP contribution in [0.25, 0.3) is 44.2 Å². The smallest absolute Gasteiger partial charge is 0.232 e. The molecule has 6 nitrogen and oxygen atoms in total. The third-order valence-electron chi connectivity index (χ3n) is 6.10. The molecule has 3 aromatic carbocycles. The molecule has 0 atom stereocenters. The van der Waals surface area contributed by atoms with Crippen molar-refractivity contribution < 1.29 is 8.42 Å². The number of pyridine rings is 1. The summed E-state index contributed by atoms with van der Waals surface area (Å²) in [5, 5.41) is 1.90. The van der Waals surface area contributed by atoms with Gasteiger partial charge in [0.25, 0.3) is 0 Å². The zero-order valence-corrected chi connectivity index (χ0v) is 20.9. The zero-order valence-electron chi connectivity index (χ0n) is 20.0. The Balaban J connectivity index is 1.75. The molecule has 0 aliphatic carbocycles. The van der Waals surface area contributed by atoms with E-state index in [1.807, 2.05) is 36.5 Å². The van der Waals surface area contributed by atoms with Crippen LogP contribution in [-0.4, -0.2) is 43.1 Å². The van der Waals surface area contributed by atoms with Crippen LogP contribution in [0.1, 0.15) is 12.5 Å². The predicted molar refractivity (Wildman–Crippen MR) is 145 cm³/mol. The molecule has 178 valence electrons. The van der Waals surface area contributed by atoms with Crippen LogP contribution >= 0.6 is 0 Å². The van der Waals surface area contributed by atoms with Crippen LogP contribution in [0.15, 0.2) is 79.0 Å². The van der Waals surface area contributed by atoms with Crippen molar-refractivity contribution in [2.45, 2.75) is 13.5 Å². The number of fused-ring (bicyclic) bond motifs is 3. The lowest BCUT2D eigenvalue weighted by Crippen LogP contribution is -2.14. The first-order chi connectivity index (χ1) is 16.8. The summed E-state index contributed by atoms with van der Waals surface area (Å²) < 4.78 is 27.1. The molecule has 35 heavy (non-hydrogen) atoms. The average Bonchev–Trinajstić information content (AvgIpc) is 3.22. The molecule has 0 unspecified atom stereocenters. The number of nitrogens with zero attached hydrogens (tertiary/aromatic N) is 2. The monoisotopic (exact) mass is 484 g/mol. The van der Waals surface area contributed by atoms with E-state index in [0.29, 0.717) is 5.69 Å². The maximum absolute atomic E-state index is 12.2. The third-order valence-corrected chi connectivity index (χ3v) is 7.41. The molecular formula is C28H28N4O2S. The van der Waals surface area contributed by atoms with Crippen LogP contribution < -0.4 is 4.72 Å². The van der Waals surface area contributed by atoms with Crippen molar-refractivity contribution in [3.05, 3.63) is 84.6 Å². The number of hydrogen-bond donors (Lipinski definition) is 2. The number of aromatic amines is 1. The maximum Gasteiger partial charge on any atom is 0.232 e. The second-order valence-corrected chi connectivity index (χ2v) is 11.0. The molecule has 0 aliphatic rings. The molecule has 0 fully saturated rings. The summed E-state index contributed by atoms with van der Waals surface area (Å²) in [5.74, 6) is 0.0176. The van der Waals surface area contributed by atoms with Gasteiger partial charge in [0.2, 0.25) is 10.0 Å². The van der Waals surface area contributed by atoms with Crippen molar-refractivity contribution in [1.29, 1.82) is 0 Å². The van der Waals surface area contributed by atoms with E-state index in [2.05, 4.69) is 65.1 Å². The Labute approximate surface area is 205 Å². The molecule has 7 heteroatoms. The minimum atomic E-state index is -3.38. The van der Waals surface area contributed by atoms with E-state index in [1.54, 1.807) is 13.0 Å². The molecule has 0 saturated carbocycles. The number of H-pyrrole nitrogens is 1. The van der Waals surface area contributed by atoms with Gasteiger partial charge in [-0.3, -0.25) is 4.72 Å². The number of anilines is 1. The fraction of sp³-hybridized carbons (Fsp3) is 0.179. The van der Waals surface area contributed by atoms with Gasteiger partial charge in [-0.1, -0.05) is 54.6 Å². The van der Waals surface area contributed by atoms with Gasteiger partial charge in [0.1, 0.15) is 5.65 Å². The highest BCUT2D eigenvalue weighted by Crippen LogP contribution is 2.41. The standard InChI is InChI=1S/C28H28N4O2S/c1-4-35(33,34)31-22-14-15-25-23(16-22)27-26(21-8-6-5-7-9-21)24(17-29-28(27)30-25)20-12-10-19(11-13-20)18-32(2)3/h5-17,31H,4,18H2,1-3H3,(H,29,30). The van der Waals surface area contributed by atoms with E-state index >= 15 is 0 Å². The minimum Gasteiger partial charge on any atom is -0.339 e. The molecule has 0 amide bonds. The van der Waals surface area contributed by atoms with Crippen LogP contribution in [0.2, 0.25) is 0 Å². The first-order valence-electron chi connectivity index (χ1n) is 11.6. The van der Waals surface area contributed by atoms with E-state index in [-0.39, 0.29) is 5.75 Å². The highest BCUT2D eigenvalue weighted by atomic mass is 32.2. The van der Waals surface area contributed by atoms with Gasteiger partial charge >= 0.3 is 0 Å². The summed E-state index contributed by atoms with van der Waals surface area (Å²) in [4.78, 5) is 10.3. The molecule has 0 saturated heterocycles. The van der Waals surface area contributed by atoms with Crippen molar-refractivity contribution in [2.24, 2.45) is 0 Å². The number of hydrogen-bond acceptors (Lipinski definition) is 4. The van der Waals surface area contributed by atoms with Gasteiger partial charge in [-0.2, -0.15) is 0 Å². The summed E-state index contributed by atoms with van der Waals surface area (Å²) >= 11 is 0. The Bertz CT molecular complexity index is 1610. The van der Waals surface area contributed by atoms with Gasteiger partial charge in [0.05, 0.1) is 5.75 Å². The number of benzene rings is 3. The molecule has 5 aromatic rings. The van der Waals surface area contributed by atoms with Gasteiger partial charge in [-0.05, 0) is 55.9 Å². The topological polar surface area (TPSA) is 78.1 Å². The summed E-state index contributed by atoms with van der Waals surface area (Å²) in [7, 11) is 0.738. The number of rotatable bonds is 7. The summed E-state index contributed by atoms with van der Waals surface area (Å²) in [6.07, 6.45) is 1.92. The van der Waals surface area contributed by atoms with Crippen LogP contribution in [-0.2, 0) is 16.6 Å². The Morgan fingerprint density at radius 2 is 1.69 bits per heavy atom. The summed E-state index contributed by atoms with van der Waals surface area (Å²) in [6, 6.07) is 24.4. The van der Waals surface area contributed by atoms with Crippen LogP contribution in [0.3, 0.4) is 0 Å². The SMILES string of the molecule is CCS(=O)(=O)Nc1ccc2[nH]c3ncc(-c4ccc(CN(C)C)cc4)c(-c4ccccc4)c3c2c1. The molecule has 2 aromatic heterocycles. The Morgan fingerprint density at radius 3 is 2.37 bits per heavy atom. The average molecular weight is 485 g/mol. The largest absolute Gasteiger partial charge is 0.339 e. The highest BCUT2D eigenvalue weighted by Gasteiger charge is 2.18. The number of nitrogens with one attached hydrogen (secondary N) is 2. The Kier molecular flexibility index (Phi) is 6.05. The quantitative estimate of drug-likeness (QED) is 0.303. The second kappa shape index (κ2) is 9.17. The number of sulfonamides is 1. The van der Waals surface area contributed by atoms with Crippen LogP contribution in [0.5, 0.6) is 0 Å². The normalized spacial score (nSPS) is 12.0. The molecule has 0 radical (unpaired) electrons. The van der Waals surface area contributed by atoms with Crippen LogP contribution in [0.4, 0.5) is 5.69 Å². The first kappa shape index (κ1) is 23.1. The van der Waals surface area contributed by atoms with Crippen molar-refractivity contribution in [3.63, 3.8) is 0 Å². The minimum absolute atomic E-state index is 0.0176. The van der Waals surface area contributed by atoms with Gasteiger partial charge in [-0.15, -0.1) is 0 Å². The summed E-state index contributed by atoms with van der Waals surface area (Å²) in [5.41, 5.74) is 7.71. The van der Waals surface area contributed by atoms with E-state index in [9.17, 15) is 8.42 Å². The molecular weight excluding hydrogens is 456 g/mol. The maximum atomic E-state index is 12.2. The molecule has 5 rings (SSSR count). The van der Waals surface area contributed by atoms with Gasteiger partial charge in [0, 0.05) is 45.8 Å². The molecule has 0 aliphatic heterocycles. The highest BCUT2D eigenvalue weighted by molar-refractivity contribution is 7.92. The van der Waals surface area contributed by atoms with Gasteiger partial charge in [-0.25, -0.2) is 13.4 Å². The third kappa shape index (κ3) is 4.65. The zero-order chi connectivity index (χ0) is 24.6. The first-order valence-corrected chi connectivity index (χ1v) is 13.2. The van der Waals surface area contributed by atoms with E-state index in [4.69, 9.17) is 4.98 Å². The van der Waals surface area contributed by atoms with Crippen molar-refractivity contribution in [3.8, 4) is 22.3 Å². The van der Waals surface area contributed by atoms with Gasteiger partial charge in [0.15, 0.2) is 0 Å². The molecule has 2 N–H and O–H groups in total. The van der Waals surface area contributed by atoms with E-state index in [1.165, 1.54) is 5.56 Å². The van der Waals surface area contributed by atoms with Crippen molar-refractivity contribution in [1.82, 2.24) is 14.9 Å². The van der Waals surface area contributed by atoms with Crippen LogP contribution in [0, 0.1) is 0 Å². The predicted octanol–water partition coefficient (Wildman–Crippen LogP) is 5.87. The van der Waals surface area contributed by atoms with Crippen molar-refractivity contribution >= 4 is 37.6 Å². The Morgan fingerprint density at radius 1 is 0.943 bits per heavy atom. The van der Waals surface area contributed by atoms with E-state index in [0.717, 1.165) is 50.7 Å². The molecule has 0 bridgehead atoms. The molecule has 2 heterocycles. The second-order valence-electron chi connectivity index (χ2n) is 8.96.